The molecule has 3 rings (SSSR count). The number of hydrogen-bond donors (Lipinski definition) is 0. The van der Waals surface area contributed by atoms with Gasteiger partial charge in [0.15, 0.2) is 0 Å². The topological polar surface area (TPSA) is 29.5 Å². The van der Waals surface area contributed by atoms with Gasteiger partial charge < -0.3 is 9.64 Å². The molecule has 0 spiro atoms. The van der Waals surface area contributed by atoms with Gasteiger partial charge in [0.1, 0.15) is 5.75 Å². The number of benzene rings is 2. The number of methoxy groups -OCH3 is 1. The minimum atomic E-state index is -0.142. The number of hydrogen-bond acceptors (Lipinski definition) is 2. The second kappa shape index (κ2) is 4.84. The smallest absolute Gasteiger partial charge is 0.254 e. The quantitative estimate of drug-likeness (QED) is 0.846. The third-order valence-corrected chi connectivity index (χ3v) is 4.04. The molecule has 0 fully saturated rings. The molecule has 0 saturated heterocycles. The molecule has 1 aliphatic heterocycles. The summed E-state index contributed by atoms with van der Waals surface area (Å²) in [5, 5.41) is 0.667. The molecule has 2 aromatic carbocycles. The van der Waals surface area contributed by atoms with Gasteiger partial charge in [0, 0.05) is 17.6 Å². The Balaban J connectivity index is 2.16. The molecule has 1 amide bonds. The summed E-state index contributed by atoms with van der Waals surface area (Å²) in [6, 6.07) is 13.1. The number of carbonyl (C=O) groups excluding carboxylic acids is 1. The number of nitrogens with zero attached hydrogens (tertiary/aromatic N) is 1. The second-order valence-corrected chi connectivity index (χ2v) is 5.20. The summed E-state index contributed by atoms with van der Waals surface area (Å²) in [5.41, 5.74) is 2.58. The van der Waals surface area contributed by atoms with Crippen LogP contribution in [-0.4, -0.2) is 25.0 Å². The van der Waals surface area contributed by atoms with Gasteiger partial charge in [-0.05, 0) is 29.3 Å². The molecule has 1 aliphatic rings. The molecule has 0 N–H and O–H groups in total. The van der Waals surface area contributed by atoms with Crippen LogP contribution in [0.4, 0.5) is 0 Å². The fraction of sp³-hybridized carbons (Fsp3) is 0.188. The van der Waals surface area contributed by atoms with Crippen molar-refractivity contribution in [2.45, 2.75) is 6.04 Å². The van der Waals surface area contributed by atoms with E-state index in [1.165, 1.54) is 0 Å². The average Bonchev–Trinajstić information content (AvgIpc) is 2.71. The standard InChI is InChI=1S/C16H14ClNO2/c1-18-15(12-5-3-4-6-14(12)17)11-8-7-10(20-2)9-13(11)16(18)19/h3-9,15H,1-2H3. The van der Waals surface area contributed by atoms with Crippen LogP contribution in [0.5, 0.6) is 5.75 Å². The zero-order valence-corrected chi connectivity index (χ0v) is 12.0. The highest BCUT2D eigenvalue weighted by Crippen LogP contribution is 2.40. The van der Waals surface area contributed by atoms with Gasteiger partial charge in [0.2, 0.25) is 0 Å². The third-order valence-electron chi connectivity index (χ3n) is 3.69. The van der Waals surface area contributed by atoms with Gasteiger partial charge in [0.25, 0.3) is 5.91 Å². The lowest BCUT2D eigenvalue weighted by Crippen LogP contribution is -2.23. The van der Waals surface area contributed by atoms with Crippen molar-refractivity contribution in [2.75, 3.05) is 14.2 Å². The van der Waals surface area contributed by atoms with Crippen LogP contribution < -0.4 is 4.74 Å². The van der Waals surface area contributed by atoms with Crippen molar-refractivity contribution >= 4 is 17.5 Å². The molecule has 4 heteroatoms. The van der Waals surface area contributed by atoms with Crippen LogP contribution in [0, 0.1) is 0 Å². The van der Waals surface area contributed by atoms with E-state index in [2.05, 4.69) is 0 Å². The van der Waals surface area contributed by atoms with Crippen molar-refractivity contribution in [1.29, 1.82) is 0 Å². The van der Waals surface area contributed by atoms with Gasteiger partial charge in [-0.25, -0.2) is 0 Å². The number of halogens is 1. The number of amides is 1. The van der Waals surface area contributed by atoms with Crippen molar-refractivity contribution in [2.24, 2.45) is 0 Å². The first-order valence-electron chi connectivity index (χ1n) is 6.33. The van der Waals surface area contributed by atoms with E-state index in [9.17, 15) is 4.79 Å². The van der Waals surface area contributed by atoms with Gasteiger partial charge in [-0.15, -0.1) is 0 Å². The maximum Gasteiger partial charge on any atom is 0.254 e. The maximum absolute atomic E-state index is 12.4. The Morgan fingerprint density at radius 1 is 1.15 bits per heavy atom. The Morgan fingerprint density at radius 2 is 1.90 bits per heavy atom. The zero-order valence-electron chi connectivity index (χ0n) is 11.3. The molecule has 0 aliphatic carbocycles. The van der Waals surface area contributed by atoms with E-state index >= 15 is 0 Å². The monoisotopic (exact) mass is 287 g/mol. The molecule has 20 heavy (non-hydrogen) atoms. The molecule has 1 atom stereocenters. The number of carbonyl (C=O) groups is 1. The second-order valence-electron chi connectivity index (χ2n) is 4.79. The SMILES string of the molecule is COc1ccc2c(c1)C(=O)N(C)C2c1ccccc1Cl. The molecule has 102 valence electrons. The normalized spacial score (nSPS) is 17.2. The van der Waals surface area contributed by atoms with Crippen LogP contribution in [0.1, 0.15) is 27.5 Å². The number of fused-ring (bicyclic) bond motifs is 1. The summed E-state index contributed by atoms with van der Waals surface area (Å²) in [5.74, 6) is 0.675. The Hall–Kier alpha value is -2.00. The van der Waals surface area contributed by atoms with Gasteiger partial charge >= 0.3 is 0 Å². The van der Waals surface area contributed by atoms with Crippen LogP contribution in [0.3, 0.4) is 0 Å². The van der Waals surface area contributed by atoms with Crippen LogP contribution >= 0.6 is 11.6 Å². The van der Waals surface area contributed by atoms with Crippen LogP contribution in [0.15, 0.2) is 42.5 Å². The first kappa shape index (κ1) is 13.0. The molecule has 0 radical (unpaired) electrons. The predicted molar refractivity (Wildman–Crippen MR) is 78.4 cm³/mol. The maximum atomic E-state index is 12.4. The Morgan fingerprint density at radius 3 is 2.60 bits per heavy atom. The van der Waals surface area contributed by atoms with Gasteiger partial charge in [-0.1, -0.05) is 35.9 Å². The van der Waals surface area contributed by atoms with Gasteiger partial charge in [-0.3, -0.25) is 4.79 Å². The fourth-order valence-electron chi connectivity index (χ4n) is 2.67. The summed E-state index contributed by atoms with van der Waals surface area (Å²) in [7, 11) is 3.39. The molecule has 0 saturated carbocycles. The van der Waals surface area contributed by atoms with E-state index in [4.69, 9.17) is 16.3 Å². The van der Waals surface area contributed by atoms with Crippen molar-refractivity contribution in [3.8, 4) is 5.75 Å². The van der Waals surface area contributed by atoms with Crippen molar-refractivity contribution in [3.05, 3.63) is 64.2 Å². The highest BCUT2D eigenvalue weighted by atomic mass is 35.5. The van der Waals surface area contributed by atoms with Crippen LogP contribution in [-0.2, 0) is 0 Å². The highest BCUT2D eigenvalue weighted by Gasteiger charge is 2.36. The van der Waals surface area contributed by atoms with E-state index < -0.39 is 0 Å². The number of rotatable bonds is 2. The zero-order chi connectivity index (χ0) is 14.3. The lowest BCUT2D eigenvalue weighted by Gasteiger charge is -2.22. The minimum Gasteiger partial charge on any atom is -0.497 e. The lowest BCUT2D eigenvalue weighted by molar-refractivity contribution is 0.0793. The molecule has 1 heterocycles. The van der Waals surface area contributed by atoms with Crippen LogP contribution in [0.25, 0.3) is 0 Å². The lowest BCUT2D eigenvalue weighted by atomic mass is 9.98. The van der Waals surface area contributed by atoms with E-state index in [0.29, 0.717) is 16.3 Å². The summed E-state index contributed by atoms with van der Waals surface area (Å²) in [6.45, 7) is 0. The first-order chi connectivity index (χ1) is 9.63. The van der Waals surface area contributed by atoms with Crippen molar-refractivity contribution in [1.82, 2.24) is 4.90 Å². The Kier molecular flexibility index (Phi) is 3.14. The summed E-state index contributed by atoms with van der Waals surface area (Å²) in [6.07, 6.45) is 0. The van der Waals surface area contributed by atoms with Crippen molar-refractivity contribution < 1.29 is 9.53 Å². The molecular formula is C16H14ClNO2. The highest BCUT2D eigenvalue weighted by molar-refractivity contribution is 6.31. The Bertz CT molecular complexity index is 684. The molecule has 3 nitrogen and oxygen atoms in total. The number of ether oxygens (including phenoxy) is 1. The summed E-state index contributed by atoms with van der Waals surface area (Å²) >= 11 is 6.28. The van der Waals surface area contributed by atoms with E-state index in [-0.39, 0.29) is 11.9 Å². The van der Waals surface area contributed by atoms with Crippen molar-refractivity contribution in [3.63, 3.8) is 0 Å². The van der Waals surface area contributed by atoms with E-state index in [1.807, 2.05) is 36.4 Å². The first-order valence-corrected chi connectivity index (χ1v) is 6.71. The Labute approximate surface area is 122 Å². The summed E-state index contributed by atoms with van der Waals surface area (Å²) in [4.78, 5) is 14.1. The summed E-state index contributed by atoms with van der Waals surface area (Å²) < 4.78 is 5.19. The predicted octanol–water partition coefficient (Wildman–Crippen LogP) is 3.52. The molecule has 1 unspecified atom stereocenters. The molecule has 0 aromatic heterocycles. The fourth-order valence-corrected chi connectivity index (χ4v) is 2.91. The van der Waals surface area contributed by atoms with Gasteiger partial charge in [0.05, 0.1) is 13.2 Å². The molecule has 2 aromatic rings. The molecule has 0 bridgehead atoms. The van der Waals surface area contributed by atoms with Crippen LogP contribution in [0.2, 0.25) is 5.02 Å². The van der Waals surface area contributed by atoms with E-state index in [1.54, 1.807) is 25.1 Å². The minimum absolute atomic E-state index is 0.0104. The van der Waals surface area contributed by atoms with Gasteiger partial charge in [-0.2, -0.15) is 0 Å². The third kappa shape index (κ3) is 1.86. The largest absolute Gasteiger partial charge is 0.497 e. The average molecular weight is 288 g/mol. The van der Waals surface area contributed by atoms with E-state index in [0.717, 1.165) is 11.1 Å². The molecular weight excluding hydrogens is 274 g/mol.